The number of benzene rings is 1. The molecule has 1 heterocycles. The van der Waals surface area contributed by atoms with Crippen LogP contribution >= 0.6 is 0 Å². The second-order valence-corrected chi connectivity index (χ2v) is 4.01. The summed E-state index contributed by atoms with van der Waals surface area (Å²) in [5.74, 6) is -1.55. The number of carboxylic acids is 1. The molecule has 6 nitrogen and oxygen atoms in total. The molecule has 1 aromatic rings. The van der Waals surface area contributed by atoms with E-state index in [0.29, 0.717) is 6.54 Å². The van der Waals surface area contributed by atoms with Gasteiger partial charge in [-0.15, -0.1) is 0 Å². The van der Waals surface area contributed by atoms with Crippen molar-refractivity contribution < 1.29 is 24.5 Å². The Morgan fingerprint density at radius 3 is 2.28 bits per heavy atom. The first-order valence-electron chi connectivity index (χ1n) is 5.46. The van der Waals surface area contributed by atoms with Gasteiger partial charge in [0.25, 0.3) is 5.91 Å². The zero-order chi connectivity index (χ0) is 13.1. The van der Waals surface area contributed by atoms with Gasteiger partial charge >= 0.3 is 5.97 Å². The van der Waals surface area contributed by atoms with Crippen LogP contribution in [0.3, 0.4) is 0 Å². The molecule has 2 rings (SSSR count). The third kappa shape index (κ3) is 2.85. The summed E-state index contributed by atoms with van der Waals surface area (Å²) in [6, 6.07) is 7.09. The van der Waals surface area contributed by atoms with Crippen molar-refractivity contribution in [2.75, 3.05) is 0 Å². The quantitative estimate of drug-likeness (QED) is 0.621. The molecule has 2 unspecified atom stereocenters. The van der Waals surface area contributed by atoms with Gasteiger partial charge in [-0.25, -0.2) is 4.79 Å². The minimum atomic E-state index is -1.12. The number of hydrogen-bond donors (Lipinski definition) is 3. The molecule has 0 radical (unpaired) electrons. The van der Waals surface area contributed by atoms with Crippen LogP contribution in [0.5, 0.6) is 0 Å². The summed E-state index contributed by atoms with van der Waals surface area (Å²) in [5.41, 5.74) is 1.66. The average molecular weight is 251 g/mol. The molecule has 1 saturated heterocycles. The Balaban J connectivity index is 1.81. The Morgan fingerprint density at radius 2 is 1.78 bits per heavy atom. The number of carbonyl (C=O) groups excluding carboxylic acids is 1. The number of aliphatic hydroxyl groups is 1. The van der Waals surface area contributed by atoms with Gasteiger partial charge in [-0.2, -0.15) is 0 Å². The zero-order valence-corrected chi connectivity index (χ0v) is 9.50. The highest BCUT2D eigenvalue weighted by atomic mass is 16.6. The lowest BCUT2D eigenvalue weighted by atomic mass is 10.1. The van der Waals surface area contributed by atoms with Gasteiger partial charge in [-0.05, 0) is 11.1 Å². The van der Waals surface area contributed by atoms with Crippen molar-refractivity contribution in [1.82, 2.24) is 5.32 Å². The van der Waals surface area contributed by atoms with Crippen LogP contribution in [-0.2, 0) is 27.5 Å². The first-order valence-corrected chi connectivity index (χ1v) is 5.46. The second kappa shape index (κ2) is 5.16. The monoisotopic (exact) mass is 251 g/mol. The van der Waals surface area contributed by atoms with Crippen molar-refractivity contribution in [2.24, 2.45) is 0 Å². The Bertz CT molecular complexity index is 456. The van der Waals surface area contributed by atoms with E-state index in [1.54, 1.807) is 24.3 Å². The number of epoxide rings is 1. The molecular weight excluding hydrogens is 238 g/mol. The van der Waals surface area contributed by atoms with Crippen LogP contribution < -0.4 is 5.32 Å². The fraction of sp³-hybridized carbons (Fsp3) is 0.333. The first-order chi connectivity index (χ1) is 8.61. The van der Waals surface area contributed by atoms with Crippen molar-refractivity contribution >= 4 is 11.9 Å². The number of rotatable bonds is 5. The third-order valence-corrected chi connectivity index (χ3v) is 2.67. The van der Waals surface area contributed by atoms with Crippen LogP contribution in [0.25, 0.3) is 0 Å². The standard InChI is InChI=1S/C12H13NO5/c14-6-8-3-1-7(2-4-8)5-13-11(15)9-10(18-9)12(16)17/h1-4,9-10,14H,5-6H2,(H,13,15)(H,16,17). The first kappa shape index (κ1) is 12.5. The number of amides is 1. The molecule has 0 saturated carbocycles. The largest absolute Gasteiger partial charge is 0.479 e. The van der Waals surface area contributed by atoms with Gasteiger partial charge in [0.15, 0.2) is 12.2 Å². The van der Waals surface area contributed by atoms with Crippen LogP contribution in [0.4, 0.5) is 0 Å². The summed E-state index contributed by atoms with van der Waals surface area (Å²) >= 11 is 0. The Hall–Kier alpha value is -1.92. The highest BCUT2D eigenvalue weighted by Gasteiger charge is 2.50. The van der Waals surface area contributed by atoms with Gasteiger partial charge in [0.05, 0.1) is 6.61 Å². The maximum Gasteiger partial charge on any atom is 0.336 e. The number of nitrogens with one attached hydrogen (secondary N) is 1. The van der Waals surface area contributed by atoms with Crippen LogP contribution in [0.1, 0.15) is 11.1 Å². The van der Waals surface area contributed by atoms with E-state index in [1.807, 2.05) is 0 Å². The molecule has 2 atom stereocenters. The van der Waals surface area contributed by atoms with Gasteiger partial charge in [-0.3, -0.25) is 4.79 Å². The van der Waals surface area contributed by atoms with Gasteiger partial charge in [0, 0.05) is 6.54 Å². The molecule has 1 aliphatic heterocycles. The highest BCUT2D eigenvalue weighted by Crippen LogP contribution is 2.22. The molecule has 0 bridgehead atoms. The minimum Gasteiger partial charge on any atom is -0.479 e. The third-order valence-electron chi connectivity index (χ3n) is 2.67. The van der Waals surface area contributed by atoms with E-state index in [4.69, 9.17) is 14.9 Å². The number of ether oxygens (including phenoxy) is 1. The molecule has 1 amide bonds. The van der Waals surface area contributed by atoms with E-state index < -0.39 is 24.1 Å². The molecular formula is C12H13NO5. The molecule has 18 heavy (non-hydrogen) atoms. The summed E-state index contributed by atoms with van der Waals surface area (Å²) in [7, 11) is 0. The topological polar surface area (TPSA) is 99.2 Å². The zero-order valence-electron chi connectivity index (χ0n) is 9.50. The van der Waals surface area contributed by atoms with Gasteiger partial charge in [0.1, 0.15) is 0 Å². The molecule has 6 heteroatoms. The molecule has 1 fully saturated rings. The number of aliphatic hydroxyl groups excluding tert-OH is 1. The van der Waals surface area contributed by atoms with Crippen molar-refractivity contribution in [3.8, 4) is 0 Å². The Kier molecular flexibility index (Phi) is 3.59. The lowest BCUT2D eigenvalue weighted by Crippen LogP contribution is -2.29. The van der Waals surface area contributed by atoms with Crippen LogP contribution in [0.15, 0.2) is 24.3 Å². The maximum atomic E-state index is 11.5. The smallest absolute Gasteiger partial charge is 0.336 e. The minimum absolute atomic E-state index is 0.0250. The number of carbonyl (C=O) groups is 2. The van der Waals surface area contributed by atoms with Crippen molar-refractivity contribution in [2.45, 2.75) is 25.4 Å². The average Bonchev–Trinajstić information content (AvgIpc) is 3.17. The van der Waals surface area contributed by atoms with Crippen molar-refractivity contribution in [3.05, 3.63) is 35.4 Å². The summed E-state index contributed by atoms with van der Waals surface area (Å²) in [4.78, 5) is 22.0. The molecule has 0 aromatic heterocycles. The number of aliphatic carboxylic acids is 1. The summed E-state index contributed by atoms with van der Waals surface area (Å²) in [6.45, 7) is 0.277. The van der Waals surface area contributed by atoms with Crippen LogP contribution in [0.2, 0.25) is 0 Å². The Labute approximate surface area is 103 Å². The van der Waals surface area contributed by atoms with E-state index >= 15 is 0 Å². The fourth-order valence-corrected chi connectivity index (χ4v) is 1.55. The van der Waals surface area contributed by atoms with Crippen LogP contribution in [-0.4, -0.2) is 34.3 Å². The van der Waals surface area contributed by atoms with E-state index in [-0.39, 0.29) is 6.61 Å². The SMILES string of the molecule is O=C(O)C1OC1C(=O)NCc1ccc(CO)cc1. The predicted molar refractivity (Wildman–Crippen MR) is 60.5 cm³/mol. The second-order valence-electron chi connectivity index (χ2n) is 4.01. The predicted octanol–water partition coefficient (Wildman–Crippen LogP) is -0.353. The van der Waals surface area contributed by atoms with Gasteiger partial charge < -0.3 is 20.3 Å². The number of hydrogen-bond acceptors (Lipinski definition) is 4. The van der Waals surface area contributed by atoms with E-state index in [0.717, 1.165) is 11.1 Å². The van der Waals surface area contributed by atoms with Crippen LogP contribution in [0, 0.1) is 0 Å². The number of carboxylic acid groups (broad SMARTS) is 1. The fourth-order valence-electron chi connectivity index (χ4n) is 1.55. The molecule has 0 spiro atoms. The highest BCUT2D eigenvalue weighted by molar-refractivity contribution is 5.91. The van der Waals surface area contributed by atoms with Gasteiger partial charge in [-0.1, -0.05) is 24.3 Å². The summed E-state index contributed by atoms with van der Waals surface area (Å²) < 4.78 is 4.72. The summed E-state index contributed by atoms with van der Waals surface area (Å²) in [6.07, 6.45) is -1.89. The molecule has 96 valence electrons. The summed E-state index contributed by atoms with van der Waals surface area (Å²) in [5, 5.41) is 20.0. The van der Waals surface area contributed by atoms with Gasteiger partial charge in [0.2, 0.25) is 0 Å². The molecule has 1 aromatic carbocycles. The molecule has 1 aliphatic rings. The van der Waals surface area contributed by atoms with Crippen molar-refractivity contribution in [1.29, 1.82) is 0 Å². The molecule has 0 aliphatic carbocycles. The van der Waals surface area contributed by atoms with Crippen molar-refractivity contribution in [3.63, 3.8) is 0 Å². The van der Waals surface area contributed by atoms with E-state index in [2.05, 4.69) is 5.32 Å². The molecule has 3 N–H and O–H groups in total. The lowest BCUT2D eigenvalue weighted by molar-refractivity contribution is -0.138. The Morgan fingerprint density at radius 1 is 1.17 bits per heavy atom. The van der Waals surface area contributed by atoms with E-state index in [9.17, 15) is 9.59 Å². The lowest BCUT2D eigenvalue weighted by Gasteiger charge is -2.04. The maximum absolute atomic E-state index is 11.5. The van der Waals surface area contributed by atoms with E-state index in [1.165, 1.54) is 0 Å². The normalized spacial score (nSPS) is 21.4.